The summed E-state index contributed by atoms with van der Waals surface area (Å²) >= 11 is 4.46. The molecule has 0 bridgehead atoms. The van der Waals surface area contributed by atoms with Crippen LogP contribution in [-0.2, 0) is 4.79 Å². The molecule has 6 nitrogen and oxygen atoms in total. The van der Waals surface area contributed by atoms with Crippen molar-refractivity contribution in [3.8, 4) is 0 Å². The lowest BCUT2D eigenvalue weighted by Gasteiger charge is -2.05. The standard InChI is InChI=1S/C15H11BrN4O2S/c16-10-4-6-11(7-5-10)17-13(21)9-23-14-18-12-3-1-2-8-20(12)15(22)19-14/h1-8H,9H2,(H,17,21). The molecule has 0 aliphatic heterocycles. The summed E-state index contributed by atoms with van der Waals surface area (Å²) in [4.78, 5) is 31.9. The minimum absolute atomic E-state index is 0.124. The number of carbonyl (C=O) groups is 1. The van der Waals surface area contributed by atoms with Crippen molar-refractivity contribution in [2.24, 2.45) is 0 Å². The van der Waals surface area contributed by atoms with Gasteiger partial charge in [-0.05, 0) is 36.4 Å². The highest BCUT2D eigenvalue weighted by Crippen LogP contribution is 2.16. The average Bonchev–Trinajstić information content (AvgIpc) is 2.55. The molecule has 0 saturated heterocycles. The highest BCUT2D eigenvalue weighted by molar-refractivity contribution is 9.10. The molecule has 0 spiro atoms. The molecule has 1 amide bonds. The molecule has 23 heavy (non-hydrogen) atoms. The van der Waals surface area contributed by atoms with Crippen molar-refractivity contribution >= 4 is 44.9 Å². The number of rotatable bonds is 4. The highest BCUT2D eigenvalue weighted by Gasteiger charge is 2.08. The van der Waals surface area contributed by atoms with Gasteiger partial charge in [0.15, 0.2) is 5.16 Å². The maximum Gasteiger partial charge on any atom is 0.355 e. The fourth-order valence-electron chi connectivity index (χ4n) is 1.87. The summed E-state index contributed by atoms with van der Waals surface area (Å²) in [5, 5.41) is 3.06. The van der Waals surface area contributed by atoms with E-state index in [1.54, 1.807) is 36.5 Å². The second-order valence-electron chi connectivity index (χ2n) is 4.56. The quantitative estimate of drug-likeness (QED) is 0.692. The Labute approximate surface area is 144 Å². The van der Waals surface area contributed by atoms with Gasteiger partial charge >= 0.3 is 5.69 Å². The average molecular weight is 391 g/mol. The van der Waals surface area contributed by atoms with E-state index in [1.165, 1.54) is 4.40 Å². The summed E-state index contributed by atoms with van der Waals surface area (Å²) < 4.78 is 2.29. The van der Waals surface area contributed by atoms with Crippen LogP contribution in [0.4, 0.5) is 5.69 Å². The van der Waals surface area contributed by atoms with Crippen LogP contribution in [0.2, 0.25) is 0 Å². The fourth-order valence-corrected chi connectivity index (χ4v) is 2.77. The van der Waals surface area contributed by atoms with Crippen molar-refractivity contribution in [2.75, 3.05) is 11.1 Å². The van der Waals surface area contributed by atoms with Gasteiger partial charge in [0, 0.05) is 16.4 Å². The predicted molar refractivity (Wildman–Crippen MR) is 92.8 cm³/mol. The molecule has 0 atom stereocenters. The summed E-state index contributed by atoms with van der Waals surface area (Å²) in [5.74, 6) is -0.0624. The molecule has 116 valence electrons. The van der Waals surface area contributed by atoms with Crippen molar-refractivity contribution in [1.82, 2.24) is 14.4 Å². The van der Waals surface area contributed by atoms with Crippen LogP contribution in [0.1, 0.15) is 0 Å². The summed E-state index contributed by atoms with van der Waals surface area (Å²) in [5.41, 5.74) is 0.799. The Kier molecular flexibility index (Phi) is 4.73. The Morgan fingerprint density at radius 1 is 1.17 bits per heavy atom. The van der Waals surface area contributed by atoms with E-state index in [-0.39, 0.29) is 16.8 Å². The third kappa shape index (κ3) is 3.96. The lowest BCUT2D eigenvalue weighted by atomic mass is 10.3. The summed E-state index contributed by atoms with van der Waals surface area (Å²) in [7, 11) is 0. The number of thioether (sulfide) groups is 1. The van der Waals surface area contributed by atoms with E-state index >= 15 is 0 Å². The van der Waals surface area contributed by atoms with Crippen molar-refractivity contribution in [2.45, 2.75) is 5.16 Å². The topological polar surface area (TPSA) is 76.4 Å². The molecule has 0 radical (unpaired) electrons. The van der Waals surface area contributed by atoms with Crippen LogP contribution >= 0.6 is 27.7 Å². The Morgan fingerprint density at radius 2 is 1.96 bits per heavy atom. The fraction of sp³-hybridized carbons (Fsp3) is 0.0667. The van der Waals surface area contributed by atoms with Crippen molar-refractivity contribution in [3.63, 3.8) is 0 Å². The number of benzene rings is 1. The molecule has 3 aromatic rings. The van der Waals surface area contributed by atoms with Crippen molar-refractivity contribution < 1.29 is 4.79 Å². The number of hydrogen-bond acceptors (Lipinski definition) is 5. The molecule has 3 rings (SSSR count). The van der Waals surface area contributed by atoms with Gasteiger partial charge in [0.25, 0.3) is 0 Å². The van der Waals surface area contributed by atoms with Crippen LogP contribution in [0, 0.1) is 0 Å². The highest BCUT2D eigenvalue weighted by atomic mass is 79.9. The van der Waals surface area contributed by atoms with Crippen LogP contribution in [0.5, 0.6) is 0 Å². The third-order valence-corrected chi connectivity index (χ3v) is 4.28. The number of aromatic nitrogens is 3. The number of hydrogen-bond donors (Lipinski definition) is 1. The number of nitrogens with one attached hydrogen (secondary N) is 1. The molecule has 2 aromatic heterocycles. The number of anilines is 1. The van der Waals surface area contributed by atoms with E-state index in [4.69, 9.17) is 0 Å². The lowest BCUT2D eigenvalue weighted by molar-refractivity contribution is -0.113. The van der Waals surface area contributed by atoms with Gasteiger partial charge in [-0.1, -0.05) is 33.8 Å². The predicted octanol–water partition coefficient (Wildman–Crippen LogP) is 2.58. The first-order valence-electron chi connectivity index (χ1n) is 6.65. The molecule has 2 heterocycles. The summed E-state index contributed by atoms with van der Waals surface area (Å²) in [6, 6.07) is 12.5. The lowest BCUT2D eigenvalue weighted by Crippen LogP contribution is -2.20. The van der Waals surface area contributed by atoms with Crippen LogP contribution in [-0.4, -0.2) is 26.0 Å². The number of nitrogens with zero attached hydrogens (tertiary/aromatic N) is 3. The minimum atomic E-state index is -0.411. The maximum atomic E-state index is 11.9. The molecular formula is C15H11BrN4O2S. The van der Waals surface area contributed by atoms with Gasteiger partial charge < -0.3 is 5.32 Å². The van der Waals surface area contributed by atoms with Crippen LogP contribution in [0.15, 0.2) is 63.1 Å². The van der Waals surface area contributed by atoms with Gasteiger partial charge in [0.1, 0.15) is 5.65 Å². The molecule has 0 saturated carbocycles. The monoisotopic (exact) mass is 390 g/mol. The molecule has 8 heteroatoms. The van der Waals surface area contributed by atoms with Gasteiger partial charge in [-0.15, -0.1) is 0 Å². The molecule has 1 aromatic carbocycles. The first-order valence-corrected chi connectivity index (χ1v) is 8.43. The molecule has 0 aliphatic rings. The van der Waals surface area contributed by atoms with Crippen LogP contribution < -0.4 is 11.0 Å². The van der Waals surface area contributed by atoms with Crippen molar-refractivity contribution in [1.29, 1.82) is 0 Å². The van der Waals surface area contributed by atoms with Gasteiger partial charge in [0.05, 0.1) is 5.75 Å². The molecule has 0 unspecified atom stereocenters. The molecule has 0 aliphatic carbocycles. The number of halogens is 1. The summed E-state index contributed by atoms with van der Waals surface area (Å²) in [6.45, 7) is 0. The molecular weight excluding hydrogens is 380 g/mol. The number of amides is 1. The van der Waals surface area contributed by atoms with Gasteiger partial charge in [-0.25, -0.2) is 9.78 Å². The van der Waals surface area contributed by atoms with E-state index < -0.39 is 5.69 Å². The Balaban J connectivity index is 1.67. The molecule has 0 fully saturated rings. The largest absolute Gasteiger partial charge is 0.355 e. The normalized spacial score (nSPS) is 10.7. The first-order chi connectivity index (χ1) is 11.1. The number of carbonyl (C=O) groups excluding carboxylic acids is 1. The van der Waals surface area contributed by atoms with E-state index in [1.807, 2.05) is 12.1 Å². The Hall–Kier alpha value is -2.19. The van der Waals surface area contributed by atoms with Crippen molar-refractivity contribution in [3.05, 3.63) is 63.6 Å². The zero-order chi connectivity index (χ0) is 16.2. The van der Waals surface area contributed by atoms with Gasteiger partial charge in [0.2, 0.25) is 5.91 Å². The number of pyridine rings is 1. The zero-order valence-electron chi connectivity index (χ0n) is 11.8. The third-order valence-electron chi connectivity index (χ3n) is 2.91. The van der Waals surface area contributed by atoms with Crippen LogP contribution in [0.25, 0.3) is 5.65 Å². The number of fused-ring (bicyclic) bond motifs is 1. The van der Waals surface area contributed by atoms with Gasteiger partial charge in [-0.2, -0.15) is 4.98 Å². The SMILES string of the molecule is O=C(CSc1nc(=O)n2ccccc2n1)Nc1ccc(Br)cc1. The zero-order valence-corrected chi connectivity index (χ0v) is 14.2. The van der Waals surface area contributed by atoms with Crippen LogP contribution in [0.3, 0.4) is 0 Å². The summed E-state index contributed by atoms with van der Waals surface area (Å²) in [6.07, 6.45) is 1.60. The van der Waals surface area contributed by atoms with Gasteiger partial charge in [-0.3, -0.25) is 9.20 Å². The molecule has 1 N–H and O–H groups in total. The minimum Gasteiger partial charge on any atom is -0.325 e. The Morgan fingerprint density at radius 3 is 2.74 bits per heavy atom. The van der Waals surface area contributed by atoms with E-state index in [0.29, 0.717) is 11.3 Å². The first kappa shape index (κ1) is 15.7. The van der Waals surface area contributed by atoms with E-state index in [9.17, 15) is 9.59 Å². The Bertz CT molecular complexity index is 911. The van der Waals surface area contributed by atoms with E-state index in [0.717, 1.165) is 16.2 Å². The second kappa shape index (κ2) is 6.93. The second-order valence-corrected chi connectivity index (χ2v) is 6.42. The smallest absolute Gasteiger partial charge is 0.325 e. The van der Waals surface area contributed by atoms with E-state index in [2.05, 4.69) is 31.2 Å². The maximum absolute atomic E-state index is 11.9.